The molecule has 0 fully saturated rings. The minimum Gasteiger partial charge on any atom is -0.317 e. The van der Waals surface area contributed by atoms with Crippen LogP contribution in [-0.2, 0) is 6.42 Å². The van der Waals surface area contributed by atoms with Gasteiger partial charge in [0.05, 0.1) is 10.0 Å². The number of rotatable bonds is 7. The van der Waals surface area contributed by atoms with E-state index in [9.17, 15) is 0 Å². The SMILES string of the molecule is CCNCC(Cc1cccc(Cl)c1Cl)CC(C)C. The Morgan fingerprint density at radius 3 is 2.56 bits per heavy atom. The van der Waals surface area contributed by atoms with Gasteiger partial charge in [-0.1, -0.05) is 56.1 Å². The molecule has 1 N–H and O–H groups in total. The largest absolute Gasteiger partial charge is 0.317 e. The molecule has 0 bridgehead atoms. The van der Waals surface area contributed by atoms with E-state index < -0.39 is 0 Å². The highest BCUT2D eigenvalue weighted by Gasteiger charge is 2.14. The summed E-state index contributed by atoms with van der Waals surface area (Å²) in [6.45, 7) is 8.71. The molecule has 1 aromatic carbocycles. The molecule has 102 valence electrons. The maximum absolute atomic E-state index is 6.26. The second kappa shape index (κ2) is 8.04. The van der Waals surface area contributed by atoms with E-state index in [1.807, 2.05) is 12.1 Å². The normalized spacial score (nSPS) is 13.0. The summed E-state index contributed by atoms with van der Waals surface area (Å²) in [6.07, 6.45) is 2.19. The van der Waals surface area contributed by atoms with Crippen molar-refractivity contribution in [3.63, 3.8) is 0 Å². The number of hydrogen-bond donors (Lipinski definition) is 1. The molecule has 1 atom stereocenters. The molecule has 0 saturated carbocycles. The van der Waals surface area contributed by atoms with Crippen LogP contribution in [0.25, 0.3) is 0 Å². The number of halogens is 2. The van der Waals surface area contributed by atoms with E-state index in [0.29, 0.717) is 21.9 Å². The van der Waals surface area contributed by atoms with Gasteiger partial charge in [-0.2, -0.15) is 0 Å². The third-order valence-electron chi connectivity index (χ3n) is 3.03. The Kier molecular flexibility index (Phi) is 7.06. The molecule has 0 saturated heterocycles. The molecule has 0 aliphatic rings. The quantitative estimate of drug-likeness (QED) is 0.759. The second-order valence-electron chi connectivity index (χ2n) is 5.22. The third kappa shape index (κ3) is 5.17. The first-order chi connectivity index (χ1) is 8.54. The van der Waals surface area contributed by atoms with E-state index in [2.05, 4.69) is 32.2 Å². The van der Waals surface area contributed by atoms with Gasteiger partial charge in [0.25, 0.3) is 0 Å². The Morgan fingerprint density at radius 1 is 1.22 bits per heavy atom. The van der Waals surface area contributed by atoms with Crippen LogP contribution in [-0.4, -0.2) is 13.1 Å². The van der Waals surface area contributed by atoms with Crippen molar-refractivity contribution in [2.45, 2.75) is 33.6 Å². The molecule has 0 amide bonds. The zero-order valence-electron chi connectivity index (χ0n) is 11.5. The van der Waals surface area contributed by atoms with Crippen molar-refractivity contribution >= 4 is 23.2 Å². The smallest absolute Gasteiger partial charge is 0.0624 e. The fraction of sp³-hybridized carbons (Fsp3) is 0.600. The average molecular weight is 288 g/mol. The summed E-state index contributed by atoms with van der Waals surface area (Å²) in [6, 6.07) is 5.89. The number of benzene rings is 1. The van der Waals surface area contributed by atoms with E-state index in [-0.39, 0.29) is 0 Å². The van der Waals surface area contributed by atoms with E-state index in [4.69, 9.17) is 23.2 Å². The first-order valence-electron chi connectivity index (χ1n) is 6.68. The van der Waals surface area contributed by atoms with Crippen LogP contribution in [0.4, 0.5) is 0 Å². The molecule has 1 aromatic rings. The first kappa shape index (κ1) is 15.8. The third-order valence-corrected chi connectivity index (χ3v) is 3.89. The molecule has 1 rings (SSSR count). The molecule has 0 aliphatic heterocycles. The Balaban J connectivity index is 2.72. The Morgan fingerprint density at radius 2 is 1.94 bits per heavy atom. The lowest BCUT2D eigenvalue weighted by Gasteiger charge is -2.20. The lowest BCUT2D eigenvalue weighted by atomic mass is 9.91. The Bertz CT molecular complexity index is 364. The second-order valence-corrected chi connectivity index (χ2v) is 6.01. The molecule has 0 aliphatic carbocycles. The predicted octanol–water partition coefficient (Wildman–Crippen LogP) is 4.81. The zero-order valence-corrected chi connectivity index (χ0v) is 13.0. The topological polar surface area (TPSA) is 12.0 Å². The highest BCUT2D eigenvalue weighted by Crippen LogP contribution is 2.28. The van der Waals surface area contributed by atoms with Crippen LogP contribution in [0.5, 0.6) is 0 Å². The van der Waals surface area contributed by atoms with Crippen LogP contribution >= 0.6 is 23.2 Å². The molecule has 0 spiro atoms. The minimum absolute atomic E-state index is 0.612. The lowest BCUT2D eigenvalue weighted by Crippen LogP contribution is -2.25. The summed E-state index contributed by atoms with van der Waals surface area (Å²) >= 11 is 12.3. The Hall–Kier alpha value is -0.240. The fourth-order valence-electron chi connectivity index (χ4n) is 2.27. The maximum atomic E-state index is 6.26. The summed E-state index contributed by atoms with van der Waals surface area (Å²) in [5, 5.41) is 4.80. The standard InChI is InChI=1S/C15H23Cl2N/c1-4-18-10-12(8-11(2)3)9-13-6-5-7-14(16)15(13)17/h5-7,11-12,18H,4,8-10H2,1-3H3. The molecule has 3 heteroatoms. The zero-order chi connectivity index (χ0) is 13.5. The van der Waals surface area contributed by atoms with Crippen LogP contribution < -0.4 is 5.32 Å². The van der Waals surface area contributed by atoms with Crippen LogP contribution in [0.2, 0.25) is 10.0 Å². The van der Waals surface area contributed by atoms with Gasteiger partial charge in [-0.05, 0) is 49.4 Å². The van der Waals surface area contributed by atoms with E-state index >= 15 is 0 Å². The molecule has 1 unspecified atom stereocenters. The van der Waals surface area contributed by atoms with E-state index in [1.165, 1.54) is 6.42 Å². The van der Waals surface area contributed by atoms with Crippen molar-refractivity contribution in [2.75, 3.05) is 13.1 Å². The van der Waals surface area contributed by atoms with Crippen LogP contribution in [0, 0.1) is 11.8 Å². The minimum atomic E-state index is 0.612. The van der Waals surface area contributed by atoms with E-state index in [0.717, 1.165) is 25.1 Å². The highest BCUT2D eigenvalue weighted by molar-refractivity contribution is 6.42. The van der Waals surface area contributed by atoms with Crippen molar-refractivity contribution in [3.8, 4) is 0 Å². The van der Waals surface area contributed by atoms with Gasteiger partial charge in [0.15, 0.2) is 0 Å². The highest BCUT2D eigenvalue weighted by atomic mass is 35.5. The summed E-state index contributed by atoms with van der Waals surface area (Å²) < 4.78 is 0. The summed E-state index contributed by atoms with van der Waals surface area (Å²) in [5.74, 6) is 1.31. The monoisotopic (exact) mass is 287 g/mol. The number of hydrogen-bond acceptors (Lipinski definition) is 1. The van der Waals surface area contributed by atoms with Gasteiger partial charge in [0, 0.05) is 0 Å². The maximum Gasteiger partial charge on any atom is 0.0624 e. The lowest BCUT2D eigenvalue weighted by molar-refractivity contribution is 0.388. The van der Waals surface area contributed by atoms with Gasteiger partial charge in [-0.15, -0.1) is 0 Å². The van der Waals surface area contributed by atoms with Gasteiger partial charge >= 0.3 is 0 Å². The molecule has 0 aromatic heterocycles. The first-order valence-corrected chi connectivity index (χ1v) is 7.43. The van der Waals surface area contributed by atoms with Crippen LogP contribution in [0.3, 0.4) is 0 Å². The van der Waals surface area contributed by atoms with Crippen molar-refractivity contribution < 1.29 is 0 Å². The van der Waals surface area contributed by atoms with Gasteiger partial charge in [-0.3, -0.25) is 0 Å². The van der Waals surface area contributed by atoms with Gasteiger partial charge in [0.1, 0.15) is 0 Å². The van der Waals surface area contributed by atoms with E-state index in [1.54, 1.807) is 0 Å². The van der Waals surface area contributed by atoms with Gasteiger partial charge in [-0.25, -0.2) is 0 Å². The molecule has 0 heterocycles. The van der Waals surface area contributed by atoms with Gasteiger partial charge < -0.3 is 5.32 Å². The molecular weight excluding hydrogens is 265 g/mol. The number of nitrogens with one attached hydrogen (secondary N) is 1. The van der Waals surface area contributed by atoms with Crippen molar-refractivity contribution in [1.82, 2.24) is 5.32 Å². The van der Waals surface area contributed by atoms with Crippen LogP contribution in [0.1, 0.15) is 32.8 Å². The predicted molar refractivity (Wildman–Crippen MR) is 81.7 cm³/mol. The molecule has 1 nitrogen and oxygen atoms in total. The molecule has 18 heavy (non-hydrogen) atoms. The average Bonchev–Trinajstić information content (AvgIpc) is 2.31. The summed E-state index contributed by atoms with van der Waals surface area (Å²) in [5.41, 5.74) is 1.16. The fourth-order valence-corrected chi connectivity index (χ4v) is 2.67. The van der Waals surface area contributed by atoms with Crippen molar-refractivity contribution in [2.24, 2.45) is 11.8 Å². The van der Waals surface area contributed by atoms with Crippen LogP contribution in [0.15, 0.2) is 18.2 Å². The van der Waals surface area contributed by atoms with Crippen molar-refractivity contribution in [3.05, 3.63) is 33.8 Å². The summed E-state index contributed by atoms with van der Waals surface area (Å²) in [4.78, 5) is 0. The van der Waals surface area contributed by atoms with Gasteiger partial charge in [0.2, 0.25) is 0 Å². The summed E-state index contributed by atoms with van der Waals surface area (Å²) in [7, 11) is 0. The van der Waals surface area contributed by atoms with Crippen molar-refractivity contribution in [1.29, 1.82) is 0 Å². The Labute approximate surface area is 121 Å². The molecular formula is C15H23Cl2N. The molecule has 0 radical (unpaired) electrons.